The molecule has 24 heavy (non-hydrogen) atoms. The van der Waals surface area contributed by atoms with Crippen molar-refractivity contribution in [2.24, 2.45) is 0 Å². The summed E-state index contributed by atoms with van der Waals surface area (Å²) in [5.41, 5.74) is 1.64. The zero-order chi connectivity index (χ0) is 17.1. The lowest BCUT2D eigenvalue weighted by molar-refractivity contribution is 0.103. The monoisotopic (exact) mass is 341 g/mol. The standard InChI is InChI=1S/C18H15NO4S/c1-22-14-8-12(9-15(23-2)17(14)21)16(20)13-10-24-18(19-13)11-6-4-3-5-7-11/h3-10,21H,1-2H3. The number of aromatic hydroxyl groups is 1. The van der Waals surface area contributed by atoms with E-state index in [2.05, 4.69) is 4.98 Å². The van der Waals surface area contributed by atoms with E-state index >= 15 is 0 Å². The number of benzene rings is 2. The van der Waals surface area contributed by atoms with E-state index < -0.39 is 0 Å². The van der Waals surface area contributed by atoms with Gasteiger partial charge in [-0.05, 0) is 12.1 Å². The van der Waals surface area contributed by atoms with Crippen LogP contribution in [0.3, 0.4) is 0 Å². The van der Waals surface area contributed by atoms with Crippen LogP contribution < -0.4 is 9.47 Å². The van der Waals surface area contributed by atoms with Gasteiger partial charge in [0.1, 0.15) is 10.7 Å². The van der Waals surface area contributed by atoms with Crippen molar-refractivity contribution >= 4 is 17.1 Å². The fraction of sp³-hybridized carbons (Fsp3) is 0.111. The van der Waals surface area contributed by atoms with Crippen molar-refractivity contribution in [3.63, 3.8) is 0 Å². The summed E-state index contributed by atoms with van der Waals surface area (Å²) in [7, 11) is 2.83. The van der Waals surface area contributed by atoms with Crippen molar-refractivity contribution in [1.82, 2.24) is 4.98 Å². The molecule has 0 aliphatic carbocycles. The SMILES string of the molecule is COc1cc(C(=O)c2csc(-c3ccccc3)n2)cc(OC)c1O. The third-order valence-corrected chi connectivity index (χ3v) is 4.39. The molecule has 0 fully saturated rings. The number of carbonyl (C=O) groups is 1. The summed E-state index contributed by atoms with van der Waals surface area (Å²) in [6, 6.07) is 12.6. The Labute approximate surface area is 143 Å². The Balaban J connectivity index is 1.97. The number of ether oxygens (including phenoxy) is 2. The van der Waals surface area contributed by atoms with Crippen LogP contribution in [-0.2, 0) is 0 Å². The maximum Gasteiger partial charge on any atom is 0.212 e. The Hall–Kier alpha value is -2.86. The first-order valence-electron chi connectivity index (χ1n) is 7.14. The van der Waals surface area contributed by atoms with E-state index in [1.54, 1.807) is 5.38 Å². The van der Waals surface area contributed by atoms with E-state index in [1.165, 1.54) is 37.7 Å². The topological polar surface area (TPSA) is 68.7 Å². The highest BCUT2D eigenvalue weighted by molar-refractivity contribution is 7.13. The van der Waals surface area contributed by atoms with E-state index in [1.807, 2.05) is 30.3 Å². The Morgan fingerprint density at radius 3 is 2.29 bits per heavy atom. The summed E-state index contributed by atoms with van der Waals surface area (Å²) >= 11 is 1.40. The van der Waals surface area contributed by atoms with Gasteiger partial charge in [0, 0.05) is 16.5 Å². The highest BCUT2D eigenvalue weighted by Gasteiger charge is 2.19. The molecule has 1 heterocycles. The number of ketones is 1. The molecular formula is C18H15NO4S. The van der Waals surface area contributed by atoms with E-state index in [0.29, 0.717) is 11.3 Å². The minimum atomic E-state index is -0.259. The lowest BCUT2D eigenvalue weighted by Crippen LogP contribution is -2.03. The lowest BCUT2D eigenvalue weighted by atomic mass is 10.1. The molecule has 0 saturated carbocycles. The fourth-order valence-electron chi connectivity index (χ4n) is 2.26. The van der Waals surface area contributed by atoms with Crippen LogP contribution in [0.2, 0.25) is 0 Å². The number of carbonyl (C=O) groups excluding carboxylic acids is 1. The van der Waals surface area contributed by atoms with Gasteiger partial charge < -0.3 is 14.6 Å². The molecule has 0 aliphatic heterocycles. The molecule has 0 bridgehead atoms. The molecule has 0 atom stereocenters. The lowest BCUT2D eigenvalue weighted by Gasteiger charge is -2.10. The van der Waals surface area contributed by atoms with Crippen molar-refractivity contribution in [3.05, 3.63) is 59.1 Å². The van der Waals surface area contributed by atoms with Crippen molar-refractivity contribution in [1.29, 1.82) is 0 Å². The number of phenols is 1. The van der Waals surface area contributed by atoms with E-state index in [-0.39, 0.29) is 23.0 Å². The molecule has 0 aliphatic rings. The molecule has 2 aromatic carbocycles. The van der Waals surface area contributed by atoms with Gasteiger partial charge in [-0.25, -0.2) is 4.98 Å². The quantitative estimate of drug-likeness (QED) is 0.716. The van der Waals surface area contributed by atoms with Gasteiger partial charge in [0.25, 0.3) is 0 Å². The average Bonchev–Trinajstić information content (AvgIpc) is 3.12. The molecular weight excluding hydrogens is 326 g/mol. The van der Waals surface area contributed by atoms with Crippen LogP contribution in [0, 0.1) is 0 Å². The van der Waals surface area contributed by atoms with E-state index in [9.17, 15) is 9.90 Å². The van der Waals surface area contributed by atoms with Crippen LogP contribution in [0.5, 0.6) is 17.2 Å². The fourth-order valence-corrected chi connectivity index (χ4v) is 3.07. The van der Waals surface area contributed by atoms with Gasteiger partial charge in [-0.15, -0.1) is 11.3 Å². The van der Waals surface area contributed by atoms with Crippen LogP contribution in [0.25, 0.3) is 10.6 Å². The molecule has 0 saturated heterocycles. The van der Waals surface area contributed by atoms with Crippen LogP contribution in [-0.4, -0.2) is 30.1 Å². The van der Waals surface area contributed by atoms with Gasteiger partial charge >= 0.3 is 0 Å². The summed E-state index contributed by atoms with van der Waals surface area (Å²) in [6.07, 6.45) is 0. The molecule has 0 amide bonds. The smallest absolute Gasteiger partial charge is 0.212 e. The van der Waals surface area contributed by atoms with Crippen LogP contribution in [0.1, 0.15) is 16.1 Å². The Morgan fingerprint density at radius 2 is 1.71 bits per heavy atom. The van der Waals surface area contributed by atoms with Gasteiger partial charge in [-0.1, -0.05) is 30.3 Å². The molecule has 1 aromatic heterocycles. The summed E-state index contributed by atoms with van der Waals surface area (Å²) < 4.78 is 10.2. The third-order valence-electron chi connectivity index (χ3n) is 3.50. The van der Waals surface area contributed by atoms with Gasteiger partial charge in [0.05, 0.1) is 14.2 Å². The second-order valence-electron chi connectivity index (χ2n) is 4.96. The first-order valence-corrected chi connectivity index (χ1v) is 8.02. The molecule has 3 aromatic rings. The van der Waals surface area contributed by atoms with E-state index in [4.69, 9.17) is 9.47 Å². The predicted octanol–water partition coefficient (Wildman–Crippen LogP) is 3.76. The highest BCUT2D eigenvalue weighted by Crippen LogP contribution is 2.37. The third kappa shape index (κ3) is 2.96. The summed E-state index contributed by atoms with van der Waals surface area (Å²) in [4.78, 5) is 17.1. The zero-order valence-corrected chi connectivity index (χ0v) is 14.0. The number of methoxy groups -OCH3 is 2. The Bertz CT molecular complexity index is 849. The molecule has 6 heteroatoms. The van der Waals surface area contributed by atoms with Gasteiger partial charge in [0.2, 0.25) is 11.5 Å². The number of hydrogen-bond donors (Lipinski definition) is 1. The second-order valence-corrected chi connectivity index (χ2v) is 5.82. The maximum atomic E-state index is 12.7. The molecule has 0 spiro atoms. The minimum Gasteiger partial charge on any atom is -0.502 e. The van der Waals surface area contributed by atoms with Gasteiger partial charge in [0.15, 0.2) is 11.5 Å². The first kappa shape index (κ1) is 16.0. The minimum absolute atomic E-state index is 0.139. The highest BCUT2D eigenvalue weighted by atomic mass is 32.1. The predicted molar refractivity (Wildman–Crippen MR) is 92.2 cm³/mol. The Kier molecular flexibility index (Phi) is 4.48. The normalized spacial score (nSPS) is 10.4. The van der Waals surface area contributed by atoms with Gasteiger partial charge in [-0.2, -0.15) is 0 Å². The van der Waals surface area contributed by atoms with Crippen molar-refractivity contribution in [3.8, 4) is 27.8 Å². The average molecular weight is 341 g/mol. The van der Waals surface area contributed by atoms with Crippen molar-refractivity contribution in [2.45, 2.75) is 0 Å². The van der Waals surface area contributed by atoms with Crippen LogP contribution in [0.15, 0.2) is 47.8 Å². The first-order chi connectivity index (χ1) is 11.6. The summed E-state index contributed by atoms with van der Waals surface area (Å²) in [5.74, 6) is -0.0442. The number of hydrogen-bond acceptors (Lipinski definition) is 6. The van der Waals surface area contributed by atoms with Crippen LogP contribution in [0.4, 0.5) is 0 Å². The Morgan fingerprint density at radius 1 is 1.08 bits per heavy atom. The molecule has 0 unspecified atom stereocenters. The van der Waals surface area contributed by atoms with Crippen LogP contribution >= 0.6 is 11.3 Å². The van der Waals surface area contributed by atoms with Gasteiger partial charge in [-0.3, -0.25) is 4.79 Å². The largest absolute Gasteiger partial charge is 0.502 e. The molecule has 1 N–H and O–H groups in total. The number of nitrogens with zero attached hydrogens (tertiary/aromatic N) is 1. The summed E-state index contributed by atoms with van der Waals surface area (Å²) in [5, 5.41) is 12.4. The molecule has 122 valence electrons. The second kappa shape index (κ2) is 6.72. The molecule has 3 rings (SSSR count). The van der Waals surface area contributed by atoms with Crippen molar-refractivity contribution in [2.75, 3.05) is 14.2 Å². The maximum absolute atomic E-state index is 12.7. The number of aromatic nitrogens is 1. The number of phenolic OH excluding ortho intramolecular Hbond substituents is 1. The summed E-state index contributed by atoms with van der Waals surface area (Å²) in [6.45, 7) is 0. The van der Waals surface area contributed by atoms with E-state index in [0.717, 1.165) is 10.6 Å². The zero-order valence-electron chi connectivity index (χ0n) is 13.1. The van der Waals surface area contributed by atoms with Crippen molar-refractivity contribution < 1.29 is 19.4 Å². The molecule has 5 nitrogen and oxygen atoms in total. The number of thiazole rings is 1. The number of rotatable bonds is 5. The molecule has 0 radical (unpaired) electrons.